The van der Waals surface area contributed by atoms with E-state index >= 15 is 0 Å². The Kier molecular flexibility index (Phi) is 5.20. The molecule has 11 nitrogen and oxygen atoms in total. The molecular formula is C21H26N8O3. The molecule has 0 aliphatic carbocycles. The number of aryl methyl sites for hydroxylation is 1. The fourth-order valence-corrected chi connectivity index (χ4v) is 4.86. The zero-order valence-electron chi connectivity index (χ0n) is 18.3. The van der Waals surface area contributed by atoms with Gasteiger partial charge in [0.05, 0.1) is 16.7 Å². The van der Waals surface area contributed by atoms with E-state index in [0.717, 1.165) is 62.3 Å². The lowest BCUT2D eigenvalue weighted by molar-refractivity contribution is -0.138. The molecule has 32 heavy (non-hydrogen) atoms. The summed E-state index contributed by atoms with van der Waals surface area (Å²) in [5.41, 5.74) is 3.02. The van der Waals surface area contributed by atoms with Crippen molar-refractivity contribution in [1.82, 2.24) is 40.0 Å². The maximum atomic E-state index is 13.3. The van der Waals surface area contributed by atoms with Crippen LogP contribution in [0.4, 0.5) is 0 Å². The number of aromatic nitrogens is 6. The number of amides is 1. The van der Waals surface area contributed by atoms with Crippen molar-refractivity contribution in [2.75, 3.05) is 32.8 Å². The predicted molar refractivity (Wildman–Crippen MR) is 111 cm³/mol. The normalized spacial score (nSPS) is 21.1. The van der Waals surface area contributed by atoms with E-state index in [4.69, 9.17) is 4.74 Å². The summed E-state index contributed by atoms with van der Waals surface area (Å²) in [6.45, 7) is 7.27. The summed E-state index contributed by atoms with van der Waals surface area (Å²) in [6.07, 6.45) is 6.69. The third kappa shape index (κ3) is 3.56. The van der Waals surface area contributed by atoms with E-state index in [1.807, 2.05) is 13.1 Å². The van der Waals surface area contributed by atoms with Crippen LogP contribution in [0.25, 0.3) is 5.95 Å². The van der Waals surface area contributed by atoms with E-state index in [1.54, 1.807) is 11.8 Å². The highest BCUT2D eigenvalue weighted by Gasteiger charge is 2.49. The zero-order valence-corrected chi connectivity index (χ0v) is 18.3. The van der Waals surface area contributed by atoms with Crippen LogP contribution in [0.5, 0.6) is 0 Å². The van der Waals surface area contributed by atoms with Gasteiger partial charge in [0.2, 0.25) is 5.91 Å². The van der Waals surface area contributed by atoms with E-state index in [9.17, 15) is 9.59 Å². The number of likely N-dealkylation sites (tertiary alicyclic amines) is 2. The summed E-state index contributed by atoms with van der Waals surface area (Å²) in [5.74, 6) is 0.307. The minimum Gasteiger partial charge on any atom is -0.456 e. The van der Waals surface area contributed by atoms with E-state index in [0.29, 0.717) is 18.1 Å². The number of nitrogens with zero attached hydrogens (tertiary/aromatic N) is 8. The lowest BCUT2D eigenvalue weighted by Crippen LogP contribution is -2.45. The van der Waals surface area contributed by atoms with Crippen molar-refractivity contribution in [3.63, 3.8) is 0 Å². The number of ether oxygens (including phenoxy) is 1. The molecule has 1 amide bonds. The summed E-state index contributed by atoms with van der Waals surface area (Å²) < 4.78 is 6.55. The number of carbonyl (C=O) groups excluding carboxylic acids is 2. The Morgan fingerprint density at radius 1 is 1.12 bits per heavy atom. The van der Waals surface area contributed by atoms with Crippen LogP contribution in [0.1, 0.15) is 37.4 Å². The highest BCUT2D eigenvalue weighted by atomic mass is 16.5. The van der Waals surface area contributed by atoms with E-state index in [1.165, 1.54) is 11.0 Å². The van der Waals surface area contributed by atoms with Crippen LogP contribution in [0, 0.1) is 12.3 Å². The molecule has 5 heterocycles. The average molecular weight is 438 g/mol. The van der Waals surface area contributed by atoms with Gasteiger partial charge in [-0.3, -0.25) is 4.79 Å². The molecule has 168 valence electrons. The molecule has 0 N–H and O–H groups in total. The van der Waals surface area contributed by atoms with Gasteiger partial charge in [0, 0.05) is 25.0 Å². The van der Waals surface area contributed by atoms with Gasteiger partial charge in [-0.15, -0.1) is 5.10 Å². The predicted octanol–water partition coefficient (Wildman–Crippen LogP) is 0.449. The molecule has 0 bridgehead atoms. The maximum absolute atomic E-state index is 13.3. The Bertz CT molecular complexity index is 1070. The monoisotopic (exact) mass is 438 g/mol. The van der Waals surface area contributed by atoms with Gasteiger partial charge in [-0.1, -0.05) is 0 Å². The smallest absolute Gasteiger partial charge is 0.336 e. The second kappa shape index (κ2) is 8.05. The molecule has 5 rings (SSSR count). The Morgan fingerprint density at radius 2 is 1.91 bits per heavy atom. The van der Waals surface area contributed by atoms with Gasteiger partial charge in [0.15, 0.2) is 0 Å². The van der Waals surface area contributed by atoms with E-state index in [-0.39, 0.29) is 23.9 Å². The van der Waals surface area contributed by atoms with E-state index in [2.05, 4.69) is 30.4 Å². The number of piperidine rings is 1. The second-order valence-corrected chi connectivity index (χ2v) is 8.76. The van der Waals surface area contributed by atoms with Crippen molar-refractivity contribution in [1.29, 1.82) is 0 Å². The minimum absolute atomic E-state index is 0.159. The summed E-state index contributed by atoms with van der Waals surface area (Å²) in [5, 5.41) is 11.0. The Labute approximate surface area is 185 Å². The van der Waals surface area contributed by atoms with Gasteiger partial charge >= 0.3 is 5.97 Å². The number of tetrazole rings is 1. The molecule has 0 saturated carbocycles. The Balaban J connectivity index is 1.17. The van der Waals surface area contributed by atoms with Gasteiger partial charge in [-0.05, 0) is 68.6 Å². The van der Waals surface area contributed by atoms with Crippen molar-refractivity contribution in [3.05, 3.63) is 35.1 Å². The number of esters is 1. The van der Waals surface area contributed by atoms with Crippen molar-refractivity contribution in [2.45, 2.75) is 39.5 Å². The fraction of sp³-hybridized carbons (Fsp3) is 0.571. The van der Waals surface area contributed by atoms with Gasteiger partial charge in [0.25, 0.3) is 5.95 Å². The molecular weight excluding hydrogens is 412 g/mol. The van der Waals surface area contributed by atoms with Gasteiger partial charge in [0.1, 0.15) is 12.9 Å². The molecule has 11 heteroatoms. The Hall–Kier alpha value is -3.21. The lowest BCUT2D eigenvalue weighted by Gasteiger charge is -2.38. The molecule has 0 unspecified atom stereocenters. The van der Waals surface area contributed by atoms with Crippen LogP contribution in [0.2, 0.25) is 0 Å². The average Bonchev–Trinajstić information content (AvgIpc) is 3.52. The largest absolute Gasteiger partial charge is 0.456 e. The van der Waals surface area contributed by atoms with E-state index < -0.39 is 0 Å². The van der Waals surface area contributed by atoms with Crippen molar-refractivity contribution >= 4 is 11.9 Å². The number of carbonyl (C=O) groups is 2. The SMILES string of the molecule is CC1=C(N2CCC3(CCN(CCc4cnc(-n5cnnn5)nc4C)CC3)C2=O)COC1=O. The van der Waals surface area contributed by atoms with Gasteiger partial charge in [-0.2, -0.15) is 4.68 Å². The summed E-state index contributed by atoms with van der Waals surface area (Å²) in [7, 11) is 0. The van der Waals surface area contributed by atoms with Crippen LogP contribution >= 0.6 is 0 Å². The first-order chi connectivity index (χ1) is 15.5. The number of hydrogen-bond donors (Lipinski definition) is 0. The van der Waals surface area contributed by atoms with Crippen molar-refractivity contribution in [2.24, 2.45) is 5.41 Å². The molecule has 2 fully saturated rings. The van der Waals surface area contributed by atoms with Crippen LogP contribution < -0.4 is 0 Å². The number of rotatable bonds is 5. The fourth-order valence-electron chi connectivity index (χ4n) is 4.86. The molecule has 3 aliphatic heterocycles. The molecule has 0 atom stereocenters. The maximum Gasteiger partial charge on any atom is 0.336 e. The quantitative estimate of drug-likeness (QED) is 0.613. The first-order valence-corrected chi connectivity index (χ1v) is 10.9. The van der Waals surface area contributed by atoms with Crippen molar-refractivity contribution < 1.29 is 14.3 Å². The lowest BCUT2D eigenvalue weighted by atomic mass is 9.77. The molecule has 0 radical (unpaired) electrons. The first kappa shape index (κ1) is 20.7. The molecule has 2 saturated heterocycles. The third-order valence-electron chi connectivity index (χ3n) is 7.05. The number of cyclic esters (lactones) is 1. The molecule has 0 aromatic carbocycles. The molecule has 1 spiro atoms. The minimum atomic E-state index is -0.311. The standard InChI is InChI=1S/C21H26N8O3/c1-14-17(12-32-18(14)30)28-10-6-21(19(28)31)4-8-27(9-5-21)7-3-16-11-22-20(24-15(16)2)29-13-23-25-26-29/h11,13H,3-10,12H2,1-2H3. The molecule has 2 aromatic rings. The Morgan fingerprint density at radius 3 is 2.56 bits per heavy atom. The van der Waals surface area contributed by atoms with Crippen LogP contribution in [-0.2, 0) is 20.7 Å². The summed E-state index contributed by atoms with van der Waals surface area (Å²) in [4.78, 5) is 38.0. The first-order valence-electron chi connectivity index (χ1n) is 10.9. The summed E-state index contributed by atoms with van der Waals surface area (Å²) in [6, 6.07) is 0. The second-order valence-electron chi connectivity index (χ2n) is 8.76. The molecule has 3 aliphatic rings. The van der Waals surface area contributed by atoms with Crippen LogP contribution in [-0.4, -0.2) is 84.6 Å². The molecule has 2 aromatic heterocycles. The topological polar surface area (TPSA) is 119 Å². The van der Waals surface area contributed by atoms with Gasteiger partial charge < -0.3 is 14.5 Å². The van der Waals surface area contributed by atoms with Crippen molar-refractivity contribution in [3.8, 4) is 5.95 Å². The summed E-state index contributed by atoms with van der Waals surface area (Å²) >= 11 is 0. The van der Waals surface area contributed by atoms with Gasteiger partial charge in [-0.25, -0.2) is 14.8 Å². The highest BCUT2D eigenvalue weighted by Crippen LogP contribution is 2.43. The highest BCUT2D eigenvalue weighted by molar-refractivity contribution is 5.94. The van der Waals surface area contributed by atoms with Crippen LogP contribution in [0.3, 0.4) is 0 Å². The van der Waals surface area contributed by atoms with Crippen LogP contribution in [0.15, 0.2) is 23.8 Å². The number of hydrogen-bond acceptors (Lipinski definition) is 9. The zero-order chi connectivity index (χ0) is 22.3. The third-order valence-corrected chi connectivity index (χ3v) is 7.05.